The molecule has 1 amide bonds. The molecule has 1 aliphatic rings. The van der Waals surface area contributed by atoms with Crippen molar-refractivity contribution in [2.75, 3.05) is 38.0 Å². The van der Waals surface area contributed by atoms with E-state index in [1.54, 1.807) is 30.3 Å². The summed E-state index contributed by atoms with van der Waals surface area (Å²) < 4.78 is 29.9. The number of aryl methyl sites for hydroxylation is 1. The smallest absolute Gasteiger partial charge is 0.272 e. The fourth-order valence-electron chi connectivity index (χ4n) is 3.27. The largest absolute Gasteiger partial charge is 0.343 e. The third-order valence-corrected chi connectivity index (χ3v) is 7.31. The van der Waals surface area contributed by atoms with E-state index in [0.29, 0.717) is 31.0 Å². The Hall–Kier alpha value is -1.68. The molecular weight excluding hydrogens is 444 g/mol. The molecular formula is C19H25BrN4O3S. The van der Waals surface area contributed by atoms with Crippen LogP contribution in [-0.2, 0) is 16.6 Å². The Balaban J connectivity index is 1.70. The molecule has 1 aromatic heterocycles. The van der Waals surface area contributed by atoms with Crippen LogP contribution in [0.3, 0.4) is 0 Å². The van der Waals surface area contributed by atoms with Crippen molar-refractivity contribution in [1.82, 2.24) is 13.8 Å². The Morgan fingerprint density at radius 3 is 2.29 bits per heavy atom. The van der Waals surface area contributed by atoms with Gasteiger partial charge < -0.3 is 14.8 Å². The van der Waals surface area contributed by atoms with Gasteiger partial charge in [-0.2, -0.15) is 4.31 Å². The highest BCUT2D eigenvalue weighted by molar-refractivity contribution is 9.10. The molecule has 1 N–H and O–H groups in total. The van der Waals surface area contributed by atoms with Crippen LogP contribution in [-0.4, -0.2) is 60.8 Å². The highest BCUT2D eigenvalue weighted by Gasteiger charge is 2.28. The number of anilines is 1. The van der Waals surface area contributed by atoms with Crippen LogP contribution in [0.25, 0.3) is 0 Å². The molecule has 9 heteroatoms. The first-order valence-corrected chi connectivity index (χ1v) is 11.6. The second-order valence-corrected chi connectivity index (χ2v) is 9.50. The standard InChI is InChI=1S/C19H25BrN4O3S/c1-3-22-9-11-24(12-10-22)28(26,27)17-7-5-16(6-8-17)21-19(25)18-13-15(20)14-23(18)4-2/h5-8,13-14H,3-4,9-12H2,1-2H3,(H,21,25). The van der Waals surface area contributed by atoms with Gasteiger partial charge in [0.15, 0.2) is 0 Å². The van der Waals surface area contributed by atoms with E-state index in [1.165, 1.54) is 4.31 Å². The number of piperazine rings is 1. The Kier molecular flexibility index (Phi) is 6.59. The summed E-state index contributed by atoms with van der Waals surface area (Å²) in [6.07, 6.45) is 1.85. The number of hydrogen-bond donors (Lipinski definition) is 1. The first-order valence-electron chi connectivity index (χ1n) is 9.34. The number of likely N-dealkylation sites (N-methyl/N-ethyl adjacent to an activating group) is 1. The highest BCUT2D eigenvalue weighted by atomic mass is 79.9. The van der Waals surface area contributed by atoms with Gasteiger partial charge in [0.1, 0.15) is 5.69 Å². The van der Waals surface area contributed by atoms with Crippen molar-refractivity contribution in [3.8, 4) is 0 Å². The first kappa shape index (κ1) is 21.0. The van der Waals surface area contributed by atoms with E-state index in [0.717, 1.165) is 24.1 Å². The number of carbonyl (C=O) groups excluding carboxylic acids is 1. The molecule has 0 bridgehead atoms. The van der Waals surface area contributed by atoms with Gasteiger partial charge in [-0.1, -0.05) is 6.92 Å². The van der Waals surface area contributed by atoms with E-state index < -0.39 is 10.0 Å². The van der Waals surface area contributed by atoms with Crippen LogP contribution in [0.1, 0.15) is 24.3 Å². The number of sulfonamides is 1. The molecule has 1 saturated heterocycles. The lowest BCUT2D eigenvalue weighted by molar-refractivity contribution is 0.101. The molecule has 152 valence electrons. The van der Waals surface area contributed by atoms with Gasteiger partial charge in [0.05, 0.1) is 4.90 Å². The van der Waals surface area contributed by atoms with Gasteiger partial charge in [-0.15, -0.1) is 0 Å². The van der Waals surface area contributed by atoms with Crippen molar-refractivity contribution in [2.45, 2.75) is 25.3 Å². The van der Waals surface area contributed by atoms with Crippen LogP contribution in [0.4, 0.5) is 5.69 Å². The number of rotatable bonds is 6. The summed E-state index contributed by atoms with van der Waals surface area (Å²) in [7, 11) is -3.51. The van der Waals surface area contributed by atoms with Crippen LogP contribution in [0, 0.1) is 0 Å². The molecule has 7 nitrogen and oxygen atoms in total. The van der Waals surface area contributed by atoms with Crippen molar-refractivity contribution in [2.24, 2.45) is 0 Å². The molecule has 1 fully saturated rings. The van der Waals surface area contributed by atoms with Crippen LogP contribution in [0.15, 0.2) is 45.9 Å². The minimum atomic E-state index is -3.51. The fourth-order valence-corrected chi connectivity index (χ4v) is 5.15. The van der Waals surface area contributed by atoms with Crippen molar-refractivity contribution in [3.63, 3.8) is 0 Å². The molecule has 0 saturated carbocycles. The molecule has 28 heavy (non-hydrogen) atoms. The van der Waals surface area contributed by atoms with Gasteiger partial charge in [0, 0.05) is 49.1 Å². The van der Waals surface area contributed by atoms with Gasteiger partial charge in [0.2, 0.25) is 10.0 Å². The summed E-state index contributed by atoms with van der Waals surface area (Å²) in [6.45, 7) is 8.13. The van der Waals surface area contributed by atoms with Gasteiger partial charge in [0.25, 0.3) is 5.91 Å². The quantitative estimate of drug-likeness (QED) is 0.706. The first-order chi connectivity index (χ1) is 13.3. The molecule has 0 radical (unpaired) electrons. The average Bonchev–Trinajstić information content (AvgIpc) is 3.09. The van der Waals surface area contributed by atoms with Crippen LogP contribution in [0.5, 0.6) is 0 Å². The minimum Gasteiger partial charge on any atom is -0.343 e. The maximum Gasteiger partial charge on any atom is 0.272 e. The van der Waals surface area contributed by atoms with Gasteiger partial charge >= 0.3 is 0 Å². The monoisotopic (exact) mass is 468 g/mol. The molecule has 2 heterocycles. The topological polar surface area (TPSA) is 74.7 Å². The third-order valence-electron chi connectivity index (χ3n) is 4.96. The summed E-state index contributed by atoms with van der Waals surface area (Å²) in [5.74, 6) is -0.237. The van der Waals surface area contributed by atoms with Crippen molar-refractivity contribution >= 4 is 37.5 Å². The zero-order chi connectivity index (χ0) is 20.3. The number of nitrogens with zero attached hydrogens (tertiary/aromatic N) is 3. The second-order valence-electron chi connectivity index (χ2n) is 6.65. The average molecular weight is 469 g/mol. The maximum atomic E-state index is 12.8. The van der Waals surface area contributed by atoms with Gasteiger partial charge in [-0.3, -0.25) is 4.79 Å². The highest BCUT2D eigenvalue weighted by Crippen LogP contribution is 2.21. The lowest BCUT2D eigenvalue weighted by Gasteiger charge is -2.33. The molecule has 0 unspecified atom stereocenters. The fraction of sp³-hybridized carbons (Fsp3) is 0.421. The Labute approximate surface area is 174 Å². The normalized spacial score (nSPS) is 16.2. The SMILES string of the molecule is CCN1CCN(S(=O)(=O)c2ccc(NC(=O)c3cc(Br)cn3CC)cc2)CC1. The zero-order valence-electron chi connectivity index (χ0n) is 16.1. The van der Waals surface area contributed by atoms with Crippen molar-refractivity contribution in [3.05, 3.63) is 46.7 Å². The predicted octanol–water partition coefficient (Wildman–Crippen LogP) is 2.85. The van der Waals surface area contributed by atoms with Gasteiger partial charge in [-0.05, 0) is 59.7 Å². The number of nitrogens with one attached hydrogen (secondary N) is 1. The number of benzene rings is 1. The Bertz CT molecular complexity index is 933. The van der Waals surface area contributed by atoms with E-state index in [2.05, 4.69) is 33.1 Å². The molecule has 0 aliphatic carbocycles. The zero-order valence-corrected chi connectivity index (χ0v) is 18.5. The summed E-state index contributed by atoms with van der Waals surface area (Å²) in [6, 6.07) is 8.11. The van der Waals surface area contributed by atoms with Gasteiger partial charge in [-0.25, -0.2) is 8.42 Å². The van der Waals surface area contributed by atoms with Crippen LogP contribution < -0.4 is 5.32 Å². The Morgan fingerprint density at radius 1 is 1.07 bits per heavy atom. The number of aromatic nitrogens is 1. The summed E-state index contributed by atoms with van der Waals surface area (Å²) in [4.78, 5) is 15.0. The van der Waals surface area contributed by atoms with E-state index in [4.69, 9.17) is 0 Å². The van der Waals surface area contributed by atoms with E-state index in [9.17, 15) is 13.2 Å². The predicted molar refractivity (Wildman–Crippen MR) is 113 cm³/mol. The number of amides is 1. The number of hydrogen-bond acceptors (Lipinski definition) is 4. The maximum absolute atomic E-state index is 12.8. The lowest BCUT2D eigenvalue weighted by atomic mass is 10.3. The van der Waals surface area contributed by atoms with Crippen molar-refractivity contribution < 1.29 is 13.2 Å². The molecule has 2 aromatic rings. The molecule has 3 rings (SSSR count). The van der Waals surface area contributed by atoms with E-state index >= 15 is 0 Å². The van der Waals surface area contributed by atoms with E-state index in [-0.39, 0.29) is 10.8 Å². The van der Waals surface area contributed by atoms with Crippen LogP contribution >= 0.6 is 15.9 Å². The molecule has 1 aliphatic heterocycles. The summed E-state index contributed by atoms with van der Waals surface area (Å²) in [5.41, 5.74) is 1.10. The number of halogens is 1. The second kappa shape index (κ2) is 8.77. The molecule has 0 spiro atoms. The van der Waals surface area contributed by atoms with E-state index in [1.807, 2.05) is 17.7 Å². The van der Waals surface area contributed by atoms with Crippen LogP contribution in [0.2, 0.25) is 0 Å². The third kappa shape index (κ3) is 4.48. The molecule has 0 atom stereocenters. The number of carbonyl (C=O) groups is 1. The lowest BCUT2D eigenvalue weighted by Crippen LogP contribution is -2.48. The Morgan fingerprint density at radius 2 is 1.71 bits per heavy atom. The minimum absolute atomic E-state index is 0.237. The molecule has 1 aromatic carbocycles. The summed E-state index contributed by atoms with van der Waals surface area (Å²) in [5, 5.41) is 2.82. The summed E-state index contributed by atoms with van der Waals surface area (Å²) >= 11 is 3.38. The van der Waals surface area contributed by atoms with Crippen molar-refractivity contribution in [1.29, 1.82) is 0 Å².